The largest absolute Gasteiger partial charge is 0.350 e. The number of nitrogens with zero attached hydrogens (tertiary/aromatic N) is 1. The van der Waals surface area contributed by atoms with Crippen molar-refractivity contribution in [3.63, 3.8) is 0 Å². The molecule has 2 rings (SSSR count). The number of rotatable bonds is 6. The van der Waals surface area contributed by atoms with Gasteiger partial charge in [-0.05, 0) is 20.4 Å². The van der Waals surface area contributed by atoms with Crippen LogP contribution in [0.5, 0.6) is 0 Å². The molecule has 4 nitrogen and oxygen atoms in total. The van der Waals surface area contributed by atoms with Crippen LogP contribution in [0.15, 0.2) is 30.3 Å². The Morgan fingerprint density at radius 1 is 1.26 bits per heavy atom. The third kappa shape index (κ3) is 6.11. The fraction of sp³-hybridized carbons (Fsp3) is 0.375. The summed E-state index contributed by atoms with van der Waals surface area (Å²) in [6.07, 6.45) is 0. The number of carbonyl (C=O) groups excluding carboxylic acids is 1. The number of aromatic nitrogens is 1. The number of amides is 1. The van der Waals surface area contributed by atoms with Crippen LogP contribution in [0.1, 0.15) is 28.5 Å². The maximum absolute atomic E-state index is 12.4. The zero-order chi connectivity index (χ0) is 15.2. The molecule has 1 aromatic carbocycles. The Kier molecular flexibility index (Phi) is 10.1. The predicted octanol–water partition coefficient (Wildman–Crippen LogP) is 3.69. The average molecular weight is 376 g/mol. The molecular formula is C16H23Cl2N3OS. The Balaban J connectivity index is 0.00000242. The van der Waals surface area contributed by atoms with Crippen LogP contribution in [0.4, 0.5) is 0 Å². The molecule has 23 heavy (non-hydrogen) atoms. The lowest BCUT2D eigenvalue weighted by atomic mass is 10.1. The van der Waals surface area contributed by atoms with Gasteiger partial charge < -0.3 is 10.6 Å². The molecule has 0 saturated heterocycles. The predicted molar refractivity (Wildman–Crippen MR) is 102 cm³/mol. The topological polar surface area (TPSA) is 54.0 Å². The van der Waals surface area contributed by atoms with Crippen molar-refractivity contribution in [2.24, 2.45) is 0 Å². The van der Waals surface area contributed by atoms with E-state index in [2.05, 4.69) is 29.5 Å². The quantitative estimate of drug-likeness (QED) is 0.809. The maximum atomic E-state index is 12.4. The van der Waals surface area contributed by atoms with Gasteiger partial charge in [-0.1, -0.05) is 37.3 Å². The minimum Gasteiger partial charge on any atom is -0.350 e. The maximum Gasteiger partial charge on any atom is 0.263 e. The van der Waals surface area contributed by atoms with Crippen molar-refractivity contribution >= 4 is 42.1 Å². The summed E-state index contributed by atoms with van der Waals surface area (Å²) in [6, 6.07) is 10.1. The molecule has 0 bridgehead atoms. The third-order valence-electron chi connectivity index (χ3n) is 3.11. The second-order valence-corrected chi connectivity index (χ2v) is 6.15. The molecule has 1 heterocycles. The third-order valence-corrected chi connectivity index (χ3v) is 4.08. The molecule has 2 N–H and O–H groups in total. The Labute approximate surface area is 153 Å². The highest BCUT2D eigenvalue weighted by molar-refractivity contribution is 7.14. The number of aryl methyl sites for hydroxylation is 1. The lowest BCUT2D eigenvalue weighted by molar-refractivity contribution is 0.0954. The van der Waals surface area contributed by atoms with E-state index in [1.165, 1.54) is 11.3 Å². The summed E-state index contributed by atoms with van der Waals surface area (Å²) in [5, 5.41) is 7.15. The van der Waals surface area contributed by atoms with Crippen molar-refractivity contribution in [2.45, 2.75) is 26.8 Å². The molecule has 2 aromatic rings. The fourth-order valence-corrected chi connectivity index (χ4v) is 2.98. The van der Waals surface area contributed by atoms with Crippen molar-refractivity contribution in [3.05, 3.63) is 40.2 Å². The van der Waals surface area contributed by atoms with Crippen LogP contribution >= 0.6 is 36.2 Å². The van der Waals surface area contributed by atoms with Gasteiger partial charge in [0, 0.05) is 18.2 Å². The molecular weight excluding hydrogens is 353 g/mol. The zero-order valence-electron chi connectivity index (χ0n) is 13.5. The van der Waals surface area contributed by atoms with Crippen LogP contribution < -0.4 is 10.6 Å². The Hall–Kier alpha value is -1.14. The first-order valence-electron chi connectivity index (χ1n) is 7.16. The second-order valence-electron chi connectivity index (χ2n) is 4.95. The molecule has 0 aliphatic carbocycles. The van der Waals surface area contributed by atoms with E-state index in [1.54, 1.807) is 0 Å². The summed E-state index contributed by atoms with van der Waals surface area (Å²) in [5.74, 6) is -0.0517. The number of nitrogens with one attached hydrogen (secondary N) is 2. The molecule has 0 fully saturated rings. The highest BCUT2D eigenvalue weighted by Gasteiger charge is 2.18. The normalized spacial score (nSPS) is 11.1. The standard InChI is InChI=1S/C16H21N3OS.2ClH/c1-4-17-11(2)10-18-16(20)15-14(19-12(3)21-15)13-8-6-5-7-9-13;;/h5-9,11,17H,4,10H2,1-3H3,(H,18,20);2*1H/t11-;;/m1../s1. The van der Waals surface area contributed by atoms with E-state index >= 15 is 0 Å². The van der Waals surface area contributed by atoms with E-state index in [1.807, 2.05) is 37.3 Å². The van der Waals surface area contributed by atoms with Crippen LogP contribution in [-0.2, 0) is 0 Å². The zero-order valence-corrected chi connectivity index (χ0v) is 15.9. The smallest absolute Gasteiger partial charge is 0.263 e. The van der Waals surface area contributed by atoms with Crippen LogP contribution in [0, 0.1) is 6.92 Å². The minimum absolute atomic E-state index is 0. The molecule has 1 atom stereocenters. The first-order valence-corrected chi connectivity index (χ1v) is 7.98. The SMILES string of the molecule is CCN[C@H](C)CNC(=O)c1sc(C)nc1-c1ccccc1.Cl.Cl. The Morgan fingerprint density at radius 3 is 2.52 bits per heavy atom. The lowest BCUT2D eigenvalue weighted by Crippen LogP contribution is -2.38. The van der Waals surface area contributed by atoms with Gasteiger partial charge in [0.15, 0.2) is 0 Å². The number of likely N-dealkylation sites (N-methyl/N-ethyl adjacent to an activating group) is 1. The summed E-state index contributed by atoms with van der Waals surface area (Å²) in [5.41, 5.74) is 1.75. The van der Waals surface area contributed by atoms with Crippen molar-refractivity contribution in [1.29, 1.82) is 0 Å². The van der Waals surface area contributed by atoms with E-state index in [4.69, 9.17) is 0 Å². The van der Waals surface area contributed by atoms with Crippen molar-refractivity contribution in [3.8, 4) is 11.3 Å². The first-order chi connectivity index (χ1) is 10.1. The van der Waals surface area contributed by atoms with Crippen molar-refractivity contribution in [2.75, 3.05) is 13.1 Å². The van der Waals surface area contributed by atoms with Gasteiger partial charge in [0.05, 0.1) is 10.7 Å². The molecule has 128 valence electrons. The molecule has 0 aliphatic rings. The number of carbonyl (C=O) groups is 1. The fourth-order valence-electron chi connectivity index (χ4n) is 2.12. The van der Waals surface area contributed by atoms with Crippen molar-refractivity contribution in [1.82, 2.24) is 15.6 Å². The molecule has 0 unspecified atom stereocenters. The molecule has 0 spiro atoms. The number of hydrogen-bond donors (Lipinski definition) is 2. The molecule has 1 amide bonds. The summed E-state index contributed by atoms with van der Waals surface area (Å²) in [4.78, 5) is 17.6. The molecule has 1 aromatic heterocycles. The number of halogens is 2. The summed E-state index contributed by atoms with van der Waals surface area (Å²) < 4.78 is 0. The average Bonchev–Trinajstić information content (AvgIpc) is 2.88. The monoisotopic (exact) mass is 375 g/mol. The van der Waals surface area contributed by atoms with Crippen molar-refractivity contribution < 1.29 is 4.79 Å². The van der Waals surface area contributed by atoms with Gasteiger partial charge >= 0.3 is 0 Å². The van der Waals surface area contributed by atoms with Crippen LogP contribution in [0.25, 0.3) is 11.3 Å². The van der Waals surface area contributed by atoms with Gasteiger partial charge in [-0.15, -0.1) is 36.2 Å². The molecule has 0 aliphatic heterocycles. The van der Waals surface area contributed by atoms with Crippen LogP contribution in [0.2, 0.25) is 0 Å². The molecule has 7 heteroatoms. The highest BCUT2D eigenvalue weighted by Crippen LogP contribution is 2.27. The highest BCUT2D eigenvalue weighted by atomic mass is 35.5. The van der Waals surface area contributed by atoms with Crippen LogP contribution in [-0.4, -0.2) is 30.0 Å². The Bertz CT molecular complexity index is 605. The second kappa shape index (κ2) is 10.6. The summed E-state index contributed by atoms with van der Waals surface area (Å²) in [7, 11) is 0. The minimum atomic E-state index is -0.0517. The van der Waals surface area contributed by atoms with Gasteiger partial charge in [-0.25, -0.2) is 4.98 Å². The van der Waals surface area contributed by atoms with E-state index in [0.717, 1.165) is 22.8 Å². The number of thiazole rings is 1. The van der Waals surface area contributed by atoms with E-state index < -0.39 is 0 Å². The summed E-state index contributed by atoms with van der Waals surface area (Å²) >= 11 is 1.44. The lowest BCUT2D eigenvalue weighted by Gasteiger charge is -2.13. The van der Waals surface area contributed by atoms with Gasteiger partial charge in [0.2, 0.25) is 0 Å². The Morgan fingerprint density at radius 2 is 1.91 bits per heavy atom. The van der Waals surface area contributed by atoms with E-state index in [0.29, 0.717) is 11.4 Å². The van der Waals surface area contributed by atoms with Gasteiger partial charge in [0.1, 0.15) is 4.88 Å². The van der Waals surface area contributed by atoms with Gasteiger partial charge in [0.25, 0.3) is 5.91 Å². The van der Waals surface area contributed by atoms with Crippen LogP contribution in [0.3, 0.4) is 0 Å². The van der Waals surface area contributed by atoms with E-state index in [-0.39, 0.29) is 36.8 Å². The van der Waals surface area contributed by atoms with Gasteiger partial charge in [-0.2, -0.15) is 0 Å². The molecule has 0 saturated carbocycles. The number of hydrogen-bond acceptors (Lipinski definition) is 4. The molecule has 0 radical (unpaired) electrons. The number of benzene rings is 1. The summed E-state index contributed by atoms with van der Waals surface area (Å²) in [6.45, 7) is 7.54. The van der Waals surface area contributed by atoms with E-state index in [9.17, 15) is 4.79 Å². The first kappa shape index (κ1) is 21.9. The van der Waals surface area contributed by atoms with Gasteiger partial charge in [-0.3, -0.25) is 4.79 Å².